The molecule has 2 atom stereocenters. The van der Waals surface area contributed by atoms with Crippen molar-refractivity contribution in [2.75, 3.05) is 6.54 Å². The molecular weight excluding hydrogens is 227 g/mol. The molecule has 0 heterocycles. The molecule has 1 aromatic rings. The van der Waals surface area contributed by atoms with Gasteiger partial charge in [-0.15, -0.1) is 0 Å². The molecule has 0 saturated heterocycles. The molecule has 17 heavy (non-hydrogen) atoms. The van der Waals surface area contributed by atoms with Crippen molar-refractivity contribution >= 4 is 0 Å². The van der Waals surface area contributed by atoms with Crippen LogP contribution in [0.15, 0.2) is 12.1 Å². The topological polar surface area (TPSA) is 26.0 Å². The Kier molecular flexibility index (Phi) is 2.94. The molecule has 0 aliphatic heterocycles. The van der Waals surface area contributed by atoms with Gasteiger partial charge in [0.1, 0.15) is 5.82 Å². The molecular formula is C13H16F3N. The highest BCUT2D eigenvalue weighted by molar-refractivity contribution is 5.23. The maximum absolute atomic E-state index is 13.5. The summed E-state index contributed by atoms with van der Waals surface area (Å²) in [5.74, 6) is -2.25. The predicted octanol–water partition coefficient (Wildman–Crippen LogP) is 2.88. The molecule has 1 fully saturated rings. The average molecular weight is 243 g/mol. The van der Waals surface area contributed by atoms with E-state index in [2.05, 4.69) is 13.8 Å². The van der Waals surface area contributed by atoms with Gasteiger partial charge in [-0.05, 0) is 41.8 Å². The normalized spacial score (nSPS) is 26.0. The lowest BCUT2D eigenvalue weighted by atomic mass is 10.0. The van der Waals surface area contributed by atoms with Gasteiger partial charge in [0.15, 0.2) is 11.6 Å². The number of rotatable bonds is 3. The standard InChI is InChI=1S/C13H16F3N/c1-13(2)8(9(13)6-17)3-7-4-11(15)12(16)5-10(7)14/h4-5,8-9H,3,6,17H2,1-2H3/t8-,9-/m0/s1. The molecule has 4 heteroatoms. The summed E-state index contributed by atoms with van der Waals surface area (Å²) >= 11 is 0. The van der Waals surface area contributed by atoms with Crippen LogP contribution in [0, 0.1) is 34.7 Å². The van der Waals surface area contributed by atoms with E-state index in [-0.39, 0.29) is 16.9 Å². The lowest BCUT2D eigenvalue weighted by molar-refractivity contribution is 0.483. The lowest BCUT2D eigenvalue weighted by Crippen LogP contribution is -2.05. The fourth-order valence-electron chi connectivity index (χ4n) is 2.69. The van der Waals surface area contributed by atoms with Gasteiger partial charge >= 0.3 is 0 Å². The summed E-state index contributed by atoms with van der Waals surface area (Å²) in [5.41, 5.74) is 5.91. The van der Waals surface area contributed by atoms with Gasteiger partial charge in [-0.2, -0.15) is 0 Å². The first-order chi connectivity index (χ1) is 7.87. The molecule has 0 radical (unpaired) electrons. The molecule has 0 bridgehead atoms. The largest absolute Gasteiger partial charge is 0.330 e. The highest BCUT2D eigenvalue weighted by atomic mass is 19.2. The summed E-state index contributed by atoms with van der Waals surface area (Å²) in [6.45, 7) is 4.67. The second-order valence-corrected chi connectivity index (χ2v) is 5.33. The van der Waals surface area contributed by atoms with Crippen LogP contribution in [0.3, 0.4) is 0 Å². The smallest absolute Gasteiger partial charge is 0.161 e. The van der Waals surface area contributed by atoms with Crippen molar-refractivity contribution in [2.45, 2.75) is 20.3 Å². The zero-order valence-electron chi connectivity index (χ0n) is 9.93. The summed E-state index contributed by atoms with van der Waals surface area (Å²) in [6, 6.07) is 1.56. The minimum Gasteiger partial charge on any atom is -0.330 e. The Bertz CT molecular complexity index is 443. The van der Waals surface area contributed by atoms with E-state index in [0.717, 1.165) is 6.07 Å². The van der Waals surface area contributed by atoms with E-state index in [0.29, 0.717) is 24.9 Å². The van der Waals surface area contributed by atoms with Crippen molar-refractivity contribution in [3.8, 4) is 0 Å². The maximum Gasteiger partial charge on any atom is 0.161 e. The van der Waals surface area contributed by atoms with Gasteiger partial charge in [0.25, 0.3) is 0 Å². The van der Waals surface area contributed by atoms with E-state index in [9.17, 15) is 13.2 Å². The van der Waals surface area contributed by atoms with Crippen molar-refractivity contribution in [3.05, 3.63) is 35.1 Å². The van der Waals surface area contributed by atoms with Crippen LogP contribution < -0.4 is 5.73 Å². The van der Waals surface area contributed by atoms with E-state index in [1.807, 2.05) is 0 Å². The second-order valence-electron chi connectivity index (χ2n) is 5.33. The van der Waals surface area contributed by atoms with Crippen molar-refractivity contribution < 1.29 is 13.2 Å². The third kappa shape index (κ3) is 2.06. The van der Waals surface area contributed by atoms with Crippen molar-refractivity contribution in [3.63, 3.8) is 0 Å². The Morgan fingerprint density at radius 3 is 2.18 bits per heavy atom. The molecule has 94 valence electrons. The molecule has 0 unspecified atom stereocenters. The fourth-order valence-corrected chi connectivity index (χ4v) is 2.69. The fraction of sp³-hybridized carbons (Fsp3) is 0.538. The highest BCUT2D eigenvalue weighted by Gasteiger charge is 2.56. The minimum atomic E-state index is -1.14. The zero-order valence-corrected chi connectivity index (χ0v) is 9.93. The van der Waals surface area contributed by atoms with Gasteiger partial charge in [-0.3, -0.25) is 0 Å². The molecule has 2 rings (SSSR count). The Hall–Kier alpha value is -1.03. The van der Waals surface area contributed by atoms with Crippen LogP contribution in [0.2, 0.25) is 0 Å². The van der Waals surface area contributed by atoms with E-state index in [4.69, 9.17) is 5.73 Å². The molecule has 1 aliphatic carbocycles. The predicted molar refractivity (Wildman–Crippen MR) is 59.8 cm³/mol. The monoisotopic (exact) mass is 243 g/mol. The first-order valence-corrected chi connectivity index (χ1v) is 5.71. The summed E-state index contributed by atoms with van der Waals surface area (Å²) in [4.78, 5) is 0. The van der Waals surface area contributed by atoms with Gasteiger partial charge in [-0.1, -0.05) is 13.8 Å². The lowest BCUT2D eigenvalue weighted by Gasteiger charge is -2.05. The van der Waals surface area contributed by atoms with E-state index >= 15 is 0 Å². The van der Waals surface area contributed by atoms with Crippen molar-refractivity contribution in [2.24, 2.45) is 23.0 Å². The van der Waals surface area contributed by atoms with Gasteiger partial charge in [-0.25, -0.2) is 13.2 Å². The average Bonchev–Trinajstić information content (AvgIpc) is 2.76. The quantitative estimate of drug-likeness (QED) is 0.812. The third-order valence-corrected chi connectivity index (χ3v) is 4.07. The Morgan fingerprint density at radius 2 is 1.65 bits per heavy atom. The Balaban J connectivity index is 2.18. The van der Waals surface area contributed by atoms with Crippen LogP contribution in [0.5, 0.6) is 0 Å². The summed E-state index contributed by atoms with van der Waals surface area (Å²) in [6.07, 6.45) is 0.415. The number of hydrogen-bond acceptors (Lipinski definition) is 1. The van der Waals surface area contributed by atoms with Gasteiger partial charge in [0.2, 0.25) is 0 Å². The molecule has 2 N–H and O–H groups in total. The Morgan fingerprint density at radius 1 is 1.06 bits per heavy atom. The molecule has 1 aliphatic rings. The molecule has 1 nitrogen and oxygen atoms in total. The van der Waals surface area contributed by atoms with Crippen LogP contribution in [0.4, 0.5) is 13.2 Å². The Labute approximate surface area is 98.8 Å². The van der Waals surface area contributed by atoms with E-state index < -0.39 is 17.5 Å². The number of hydrogen-bond donors (Lipinski definition) is 1. The summed E-state index contributed by atoms with van der Waals surface area (Å²) in [5, 5.41) is 0. The molecule has 1 saturated carbocycles. The van der Waals surface area contributed by atoms with Gasteiger partial charge in [0, 0.05) is 6.07 Å². The maximum atomic E-state index is 13.5. The van der Waals surface area contributed by atoms with Crippen LogP contribution in [0.1, 0.15) is 19.4 Å². The number of halogens is 3. The van der Waals surface area contributed by atoms with Crippen LogP contribution in [-0.2, 0) is 6.42 Å². The van der Waals surface area contributed by atoms with Crippen LogP contribution in [-0.4, -0.2) is 6.54 Å². The zero-order chi connectivity index (χ0) is 12.8. The number of nitrogens with two attached hydrogens (primary N) is 1. The molecule has 1 aromatic carbocycles. The van der Waals surface area contributed by atoms with Crippen molar-refractivity contribution in [1.82, 2.24) is 0 Å². The van der Waals surface area contributed by atoms with Crippen molar-refractivity contribution in [1.29, 1.82) is 0 Å². The SMILES string of the molecule is CC1(C)[C@@H](CN)[C@@H]1Cc1cc(F)c(F)cc1F. The first-order valence-electron chi connectivity index (χ1n) is 5.71. The van der Waals surface area contributed by atoms with Gasteiger partial charge < -0.3 is 5.73 Å². The summed E-state index contributed by atoms with van der Waals surface area (Å²) in [7, 11) is 0. The van der Waals surface area contributed by atoms with E-state index in [1.54, 1.807) is 0 Å². The van der Waals surface area contributed by atoms with E-state index in [1.165, 1.54) is 0 Å². The van der Waals surface area contributed by atoms with Crippen LogP contribution in [0.25, 0.3) is 0 Å². The summed E-state index contributed by atoms with van der Waals surface area (Å²) < 4.78 is 39.3. The number of benzene rings is 1. The highest BCUT2D eigenvalue weighted by Crippen LogP contribution is 2.59. The minimum absolute atomic E-state index is 0.0616. The third-order valence-electron chi connectivity index (χ3n) is 4.07. The second kappa shape index (κ2) is 4.02. The molecule has 0 amide bonds. The first kappa shape index (κ1) is 12.4. The van der Waals surface area contributed by atoms with Crippen LogP contribution >= 0.6 is 0 Å². The molecule has 0 aromatic heterocycles. The van der Waals surface area contributed by atoms with Gasteiger partial charge in [0.05, 0.1) is 0 Å². The molecule has 0 spiro atoms.